The molecule has 1 aliphatic heterocycles. The molecule has 0 aromatic heterocycles. The Balaban J connectivity index is 0.00000261. The monoisotopic (exact) mass is 390 g/mol. The van der Waals surface area contributed by atoms with Crippen molar-refractivity contribution in [1.29, 1.82) is 0 Å². The second-order valence-electron chi connectivity index (χ2n) is 7.65. The third kappa shape index (κ3) is 5.45. The van der Waals surface area contributed by atoms with Crippen molar-refractivity contribution in [2.24, 2.45) is 5.41 Å². The summed E-state index contributed by atoms with van der Waals surface area (Å²) in [7, 11) is 0. The van der Waals surface area contributed by atoms with Gasteiger partial charge in [-0.25, -0.2) is 0 Å². The summed E-state index contributed by atoms with van der Waals surface area (Å²) < 4.78 is 6.21. The quantitative estimate of drug-likeness (QED) is 0.757. The lowest BCUT2D eigenvalue weighted by molar-refractivity contribution is 0.0288. The molecular weight excluding hydrogens is 360 g/mol. The van der Waals surface area contributed by atoms with Crippen LogP contribution in [0.2, 0.25) is 0 Å². The smallest absolute Gasteiger partial charge is 0.124 e. The van der Waals surface area contributed by atoms with Crippen LogP contribution in [0.1, 0.15) is 31.0 Å². The molecule has 1 heterocycles. The van der Waals surface area contributed by atoms with Gasteiger partial charge in [0.15, 0.2) is 0 Å². The van der Waals surface area contributed by atoms with Gasteiger partial charge < -0.3 is 15.2 Å². The Morgan fingerprint density at radius 1 is 1.04 bits per heavy atom. The van der Waals surface area contributed by atoms with Crippen molar-refractivity contribution in [2.45, 2.75) is 26.5 Å². The Kier molecular flexibility index (Phi) is 8.11. The number of ether oxygens (including phenoxy) is 1. The van der Waals surface area contributed by atoms with Crippen molar-refractivity contribution in [2.75, 3.05) is 32.8 Å². The minimum atomic E-state index is -0.260. The number of piperazine rings is 1. The average molecular weight is 391 g/mol. The van der Waals surface area contributed by atoms with Crippen LogP contribution in [0.3, 0.4) is 0 Å². The Bertz CT molecular complexity index is 688. The fraction of sp³-hybridized carbons (Fsp3) is 0.455. The van der Waals surface area contributed by atoms with E-state index in [1.54, 1.807) is 0 Å². The number of aliphatic hydroxyl groups is 1. The summed E-state index contributed by atoms with van der Waals surface area (Å²) in [5.74, 6) is 0.904. The molecule has 1 aliphatic rings. The zero-order valence-electron chi connectivity index (χ0n) is 16.2. The van der Waals surface area contributed by atoms with Crippen molar-refractivity contribution in [3.8, 4) is 5.75 Å². The van der Waals surface area contributed by atoms with Crippen LogP contribution in [-0.4, -0.2) is 42.8 Å². The molecule has 0 spiro atoms. The number of aliphatic hydroxyl groups excluding tert-OH is 1. The zero-order chi connectivity index (χ0) is 18.4. The number of para-hydroxylation sites is 1. The lowest BCUT2D eigenvalue weighted by atomic mass is 9.79. The Morgan fingerprint density at radius 3 is 2.33 bits per heavy atom. The zero-order valence-corrected chi connectivity index (χ0v) is 17.0. The van der Waals surface area contributed by atoms with Gasteiger partial charge in [0.25, 0.3) is 0 Å². The molecule has 1 saturated heterocycles. The molecular formula is C22H31ClN2O2. The minimum Gasteiger partial charge on any atom is -0.489 e. The molecule has 2 aromatic rings. The van der Waals surface area contributed by atoms with Crippen LogP contribution < -0.4 is 10.1 Å². The van der Waals surface area contributed by atoms with Crippen LogP contribution >= 0.6 is 12.4 Å². The summed E-state index contributed by atoms with van der Waals surface area (Å²) in [5.41, 5.74) is 2.05. The lowest BCUT2D eigenvalue weighted by Gasteiger charge is -2.44. The maximum atomic E-state index is 10.1. The third-order valence-electron chi connectivity index (χ3n) is 5.12. The van der Waals surface area contributed by atoms with Crippen LogP contribution in [-0.2, 0) is 6.61 Å². The van der Waals surface area contributed by atoms with E-state index in [2.05, 4.69) is 48.3 Å². The fourth-order valence-corrected chi connectivity index (χ4v) is 3.71. The Labute approximate surface area is 169 Å². The van der Waals surface area contributed by atoms with Crippen LogP contribution in [0.4, 0.5) is 0 Å². The van der Waals surface area contributed by atoms with Gasteiger partial charge in [0, 0.05) is 49.8 Å². The molecule has 4 nitrogen and oxygen atoms in total. The molecule has 2 aromatic carbocycles. The molecule has 5 heteroatoms. The van der Waals surface area contributed by atoms with Gasteiger partial charge in [-0.3, -0.25) is 4.90 Å². The van der Waals surface area contributed by atoms with Crippen molar-refractivity contribution in [1.82, 2.24) is 10.2 Å². The predicted octanol–water partition coefficient (Wildman–Crippen LogP) is 3.65. The summed E-state index contributed by atoms with van der Waals surface area (Å²) in [6, 6.07) is 18.6. The molecule has 0 radical (unpaired) electrons. The highest BCUT2D eigenvalue weighted by atomic mass is 35.5. The standard InChI is InChI=1S/C22H30N2O2.ClH/c1-22(2,17-25)21(24-14-12-23-13-15-24)19-10-6-7-11-20(19)26-16-18-8-4-3-5-9-18;/h3-11,21,23,25H,12-17H2,1-2H3;1H/t21-;/m0./s1. The molecule has 0 aliphatic carbocycles. The fourth-order valence-electron chi connectivity index (χ4n) is 3.71. The van der Waals surface area contributed by atoms with E-state index in [9.17, 15) is 5.11 Å². The molecule has 148 valence electrons. The molecule has 3 rings (SSSR count). The average Bonchev–Trinajstić information content (AvgIpc) is 2.69. The Morgan fingerprint density at radius 2 is 1.67 bits per heavy atom. The molecule has 0 bridgehead atoms. The molecule has 2 N–H and O–H groups in total. The summed E-state index contributed by atoms with van der Waals surface area (Å²) in [5, 5.41) is 13.5. The van der Waals surface area contributed by atoms with Gasteiger partial charge in [-0.2, -0.15) is 0 Å². The van der Waals surface area contributed by atoms with E-state index in [1.807, 2.05) is 30.3 Å². The second-order valence-corrected chi connectivity index (χ2v) is 7.65. The molecule has 1 fully saturated rings. The van der Waals surface area contributed by atoms with Gasteiger partial charge in [-0.1, -0.05) is 62.4 Å². The topological polar surface area (TPSA) is 44.7 Å². The number of halogens is 1. The number of nitrogens with zero attached hydrogens (tertiary/aromatic N) is 1. The number of hydrogen-bond acceptors (Lipinski definition) is 4. The Hall–Kier alpha value is -1.59. The second kappa shape index (κ2) is 10.1. The highest BCUT2D eigenvalue weighted by molar-refractivity contribution is 5.85. The van der Waals surface area contributed by atoms with E-state index in [1.165, 1.54) is 0 Å². The predicted molar refractivity (Wildman–Crippen MR) is 113 cm³/mol. The highest BCUT2D eigenvalue weighted by Crippen LogP contribution is 2.42. The molecule has 0 amide bonds. The first kappa shape index (κ1) is 21.7. The SMILES string of the molecule is CC(C)(CO)[C@H](c1ccccc1OCc1ccccc1)N1CCNCC1.Cl. The van der Waals surface area contributed by atoms with E-state index in [0.717, 1.165) is 43.1 Å². The summed E-state index contributed by atoms with van der Waals surface area (Å²) in [6.07, 6.45) is 0. The number of rotatable bonds is 7. The third-order valence-corrected chi connectivity index (χ3v) is 5.12. The van der Waals surface area contributed by atoms with Crippen LogP contribution in [0.25, 0.3) is 0 Å². The normalized spacial score (nSPS) is 16.4. The van der Waals surface area contributed by atoms with Crippen molar-refractivity contribution >= 4 is 12.4 Å². The van der Waals surface area contributed by atoms with E-state index in [4.69, 9.17) is 4.74 Å². The van der Waals surface area contributed by atoms with Crippen LogP contribution in [0.5, 0.6) is 5.75 Å². The number of hydrogen-bond donors (Lipinski definition) is 2. The summed E-state index contributed by atoms with van der Waals surface area (Å²) >= 11 is 0. The van der Waals surface area contributed by atoms with Crippen molar-refractivity contribution in [3.05, 3.63) is 65.7 Å². The molecule has 0 unspecified atom stereocenters. The van der Waals surface area contributed by atoms with E-state index >= 15 is 0 Å². The van der Waals surface area contributed by atoms with Crippen LogP contribution in [0.15, 0.2) is 54.6 Å². The first-order valence-electron chi connectivity index (χ1n) is 9.43. The van der Waals surface area contributed by atoms with E-state index < -0.39 is 0 Å². The van der Waals surface area contributed by atoms with E-state index in [0.29, 0.717) is 6.61 Å². The number of nitrogens with one attached hydrogen (secondary N) is 1. The van der Waals surface area contributed by atoms with Gasteiger partial charge in [0.2, 0.25) is 0 Å². The molecule has 1 atom stereocenters. The molecule has 27 heavy (non-hydrogen) atoms. The van der Waals surface area contributed by atoms with Crippen molar-refractivity contribution in [3.63, 3.8) is 0 Å². The maximum Gasteiger partial charge on any atom is 0.124 e. The lowest BCUT2D eigenvalue weighted by Crippen LogP contribution is -2.49. The van der Waals surface area contributed by atoms with Gasteiger partial charge >= 0.3 is 0 Å². The van der Waals surface area contributed by atoms with Gasteiger partial charge in [0.1, 0.15) is 12.4 Å². The number of benzene rings is 2. The maximum absolute atomic E-state index is 10.1. The van der Waals surface area contributed by atoms with E-state index in [-0.39, 0.29) is 30.5 Å². The van der Waals surface area contributed by atoms with Gasteiger partial charge in [-0.15, -0.1) is 12.4 Å². The largest absolute Gasteiger partial charge is 0.489 e. The van der Waals surface area contributed by atoms with Crippen molar-refractivity contribution < 1.29 is 9.84 Å². The summed E-state index contributed by atoms with van der Waals surface area (Å²) in [6.45, 7) is 8.85. The summed E-state index contributed by atoms with van der Waals surface area (Å²) in [4.78, 5) is 2.47. The van der Waals surface area contributed by atoms with Gasteiger partial charge in [-0.05, 0) is 11.6 Å². The van der Waals surface area contributed by atoms with Gasteiger partial charge in [0.05, 0.1) is 0 Å². The highest BCUT2D eigenvalue weighted by Gasteiger charge is 2.37. The molecule has 0 saturated carbocycles. The minimum absolute atomic E-state index is 0. The van der Waals surface area contributed by atoms with Crippen LogP contribution in [0, 0.1) is 5.41 Å². The first-order chi connectivity index (χ1) is 12.6. The first-order valence-corrected chi connectivity index (χ1v) is 9.43.